The van der Waals surface area contributed by atoms with E-state index in [1.165, 1.54) is 11.8 Å². The molecule has 2 rings (SSSR count). The first kappa shape index (κ1) is 21.6. The monoisotopic (exact) mass is 424 g/mol. The molecule has 0 bridgehead atoms. The van der Waals surface area contributed by atoms with E-state index in [2.05, 4.69) is 5.32 Å². The van der Waals surface area contributed by atoms with Crippen LogP contribution in [0.15, 0.2) is 48.5 Å². The summed E-state index contributed by atoms with van der Waals surface area (Å²) in [4.78, 5) is 26.5. The maximum Gasteiger partial charge on any atom is 0.242 e. The van der Waals surface area contributed by atoms with Gasteiger partial charge in [0.05, 0.1) is 5.75 Å². The Morgan fingerprint density at radius 2 is 1.89 bits per heavy atom. The summed E-state index contributed by atoms with van der Waals surface area (Å²) in [7, 11) is 1.56. The second kappa shape index (κ2) is 10.6. The fourth-order valence-electron chi connectivity index (χ4n) is 2.57. The molecular weight excluding hydrogens is 403 g/mol. The summed E-state index contributed by atoms with van der Waals surface area (Å²) in [5.74, 6) is 0.572. The van der Waals surface area contributed by atoms with E-state index in [-0.39, 0.29) is 17.6 Å². The maximum atomic E-state index is 12.8. The molecule has 0 aliphatic heterocycles. The molecule has 0 unspecified atom stereocenters. The third-order valence-corrected chi connectivity index (χ3v) is 5.67. The van der Waals surface area contributed by atoms with Crippen LogP contribution in [0.1, 0.15) is 18.1 Å². The van der Waals surface area contributed by atoms with Gasteiger partial charge in [0.15, 0.2) is 0 Å². The van der Waals surface area contributed by atoms with Crippen LogP contribution >= 0.6 is 35.0 Å². The average Bonchev–Trinajstić information content (AvgIpc) is 2.66. The van der Waals surface area contributed by atoms with Crippen molar-refractivity contribution in [1.82, 2.24) is 10.2 Å². The van der Waals surface area contributed by atoms with Crippen molar-refractivity contribution in [2.75, 3.05) is 12.8 Å². The zero-order chi connectivity index (χ0) is 19.8. The molecule has 0 aliphatic carbocycles. The normalized spacial score (nSPS) is 11.7. The molecule has 7 heteroatoms. The fraction of sp³-hybridized carbons (Fsp3) is 0.300. The largest absolute Gasteiger partial charge is 0.357 e. The molecule has 0 heterocycles. The smallest absolute Gasteiger partial charge is 0.242 e. The number of rotatable bonds is 8. The van der Waals surface area contributed by atoms with Crippen LogP contribution in [0.2, 0.25) is 10.0 Å². The summed E-state index contributed by atoms with van der Waals surface area (Å²) in [5.41, 5.74) is 1.86. The first-order valence-corrected chi connectivity index (χ1v) is 10.4. The number of hydrogen-bond acceptors (Lipinski definition) is 3. The van der Waals surface area contributed by atoms with E-state index in [1.54, 1.807) is 31.0 Å². The molecule has 27 heavy (non-hydrogen) atoms. The summed E-state index contributed by atoms with van der Waals surface area (Å²) >= 11 is 13.7. The highest BCUT2D eigenvalue weighted by atomic mass is 35.5. The van der Waals surface area contributed by atoms with Crippen LogP contribution in [0.25, 0.3) is 0 Å². The lowest BCUT2D eigenvalue weighted by Crippen LogP contribution is -2.47. The molecule has 0 saturated heterocycles. The Bertz CT molecular complexity index is 801. The molecule has 0 saturated carbocycles. The van der Waals surface area contributed by atoms with Crippen molar-refractivity contribution >= 4 is 46.8 Å². The number of likely N-dealkylation sites (N-methyl/N-ethyl adjacent to an activating group) is 1. The van der Waals surface area contributed by atoms with Crippen LogP contribution in [0.5, 0.6) is 0 Å². The number of thioether (sulfide) groups is 1. The van der Waals surface area contributed by atoms with Gasteiger partial charge in [-0.3, -0.25) is 9.59 Å². The number of carbonyl (C=O) groups is 2. The molecular formula is C20H22Cl2N2O2S. The number of amides is 2. The predicted molar refractivity (Wildman–Crippen MR) is 113 cm³/mol. The van der Waals surface area contributed by atoms with Gasteiger partial charge in [0, 0.05) is 29.4 Å². The standard InChI is InChI=1S/C20H22Cl2N2O2S/c1-14(20(26)23-2)24(11-15-6-5-8-17(21)10-15)19(25)13-27-12-16-7-3-4-9-18(16)22/h3-10,14H,11-13H2,1-2H3,(H,23,26)/t14-/m1/s1. The Hall–Kier alpha value is -1.69. The molecule has 0 aliphatic rings. The number of nitrogens with zero attached hydrogens (tertiary/aromatic N) is 1. The Morgan fingerprint density at radius 1 is 1.15 bits per heavy atom. The second-order valence-electron chi connectivity index (χ2n) is 6.03. The van der Waals surface area contributed by atoms with Crippen LogP contribution in [0, 0.1) is 0 Å². The van der Waals surface area contributed by atoms with Gasteiger partial charge in [0.2, 0.25) is 11.8 Å². The molecule has 0 aromatic heterocycles. The highest BCUT2D eigenvalue weighted by Gasteiger charge is 2.25. The molecule has 1 atom stereocenters. The molecule has 2 amide bonds. The third-order valence-electron chi connectivity index (χ3n) is 4.10. The minimum atomic E-state index is -0.581. The molecule has 144 valence electrons. The Kier molecular flexibility index (Phi) is 8.48. The van der Waals surface area contributed by atoms with Gasteiger partial charge in [-0.15, -0.1) is 11.8 Å². The van der Waals surface area contributed by atoms with Crippen LogP contribution in [0.3, 0.4) is 0 Å². The highest BCUT2D eigenvalue weighted by Crippen LogP contribution is 2.22. The summed E-state index contributed by atoms with van der Waals surface area (Å²) < 4.78 is 0. The Labute approximate surface area is 174 Å². The summed E-state index contributed by atoms with van der Waals surface area (Å²) in [6, 6.07) is 14.3. The van der Waals surface area contributed by atoms with Gasteiger partial charge in [0.1, 0.15) is 6.04 Å². The molecule has 0 fully saturated rings. The number of carbonyl (C=O) groups excluding carboxylic acids is 2. The summed E-state index contributed by atoms with van der Waals surface area (Å²) in [6.45, 7) is 2.04. The molecule has 1 N–H and O–H groups in total. The van der Waals surface area contributed by atoms with Crippen molar-refractivity contribution in [2.24, 2.45) is 0 Å². The van der Waals surface area contributed by atoms with Crippen LogP contribution in [0.4, 0.5) is 0 Å². The van der Waals surface area contributed by atoms with Crippen molar-refractivity contribution in [1.29, 1.82) is 0 Å². The quantitative estimate of drug-likeness (QED) is 0.683. The van der Waals surface area contributed by atoms with Crippen molar-refractivity contribution in [3.05, 3.63) is 69.7 Å². The summed E-state index contributed by atoms with van der Waals surface area (Å²) in [5, 5.41) is 3.89. The molecule has 0 spiro atoms. The van der Waals surface area contributed by atoms with E-state index in [0.717, 1.165) is 11.1 Å². The van der Waals surface area contributed by atoms with Crippen molar-refractivity contribution in [3.8, 4) is 0 Å². The number of benzene rings is 2. The van der Waals surface area contributed by atoms with E-state index in [9.17, 15) is 9.59 Å². The number of nitrogens with one attached hydrogen (secondary N) is 1. The predicted octanol–water partition coefficient (Wildman–Crippen LogP) is 4.39. The number of hydrogen-bond donors (Lipinski definition) is 1. The van der Waals surface area contributed by atoms with Crippen molar-refractivity contribution < 1.29 is 9.59 Å². The van der Waals surface area contributed by atoms with E-state index in [0.29, 0.717) is 22.3 Å². The van der Waals surface area contributed by atoms with E-state index in [1.807, 2.05) is 36.4 Å². The average molecular weight is 425 g/mol. The summed E-state index contributed by atoms with van der Waals surface area (Å²) in [6.07, 6.45) is 0. The van der Waals surface area contributed by atoms with Gasteiger partial charge in [-0.25, -0.2) is 0 Å². The topological polar surface area (TPSA) is 49.4 Å². The van der Waals surface area contributed by atoms with Crippen molar-refractivity contribution in [2.45, 2.75) is 25.3 Å². The molecule has 2 aromatic rings. The minimum Gasteiger partial charge on any atom is -0.357 e. The van der Waals surface area contributed by atoms with E-state index >= 15 is 0 Å². The lowest BCUT2D eigenvalue weighted by molar-refractivity contribution is -0.138. The van der Waals surface area contributed by atoms with Gasteiger partial charge >= 0.3 is 0 Å². The zero-order valence-electron chi connectivity index (χ0n) is 15.2. The molecule has 4 nitrogen and oxygen atoms in total. The van der Waals surface area contributed by atoms with Crippen molar-refractivity contribution in [3.63, 3.8) is 0 Å². The minimum absolute atomic E-state index is 0.108. The van der Waals surface area contributed by atoms with Crippen LogP contribution < -0.4 is 5.32 Å². The first-order valence-electron chi connectivity index (χ1n) is 8.49. The van der Waals surface area contributed by atoms with Gasteiger partial charge < -0.3 is 10.2 Å². The van der Waals surface area contributed by atoms with E-state index in [4.69, 9.17) is 23.2 Å². The Balaban J connectivity index is 2.06. The lowest BCUT2D eigenvalue weighted by atomic mass is 10.1. The van der Waals surface area contributed by atoms with Crippen LogP contribution in [-0.4, -0.2) is 35.6 Å². The fourth-order valence-corrected chi connectivity index (χ4v) is 3.98. The van der Waals surface area contributed by atoms with Gasteiger partial charge in [-0.2, -0.15) is 0 Å². The van der Waals surface area contributed by atoms with Gasteiger partial charge in [-0.05, 0) is 36.2 Å². The van der Waals surface area contributed by atoms with E-state index < -0.39 is 6.04 Å². The molecule has 0 radical (unpaired) electrons. The van der Waals surface area contributed by atoms with Crippen LogP contribution in [-0.2, 0) is 21.9 Å². The SMILES string of the molecule is CNC(=O)[C@@H](C)N(Cc1cccc(Cl)c1)C(=O)CSCc1ccccc1Cl. The second-order valence-corrected chi connectivity index (χ2v) is 7.86. The highest BCUT2D eigenvalue weighted by molar-refractivity contribution is 7.99. The number of halogens is 2. The first-order chi connectivity index (χ1) is 12.9. The lowest BCUT2D eigenvalue weighted by Gasteiger charge is -2.28. The maximum absolute atomic E-state index is 12.8. The van der Waals surface area contributed by atoms with Gasteiger partial charge in [0.25, 0.3) is 0 Å². The zero-order valence-corrected chi connectivity index (χ0v) is 17.6. The van der Waals surface area contributed by atoms with Gasteiger partial charge in [-0.1, -0.05) is 53.5 Å². The Morgan fingerprint density at radius 3 is 2.56 bits per heavy atom. The third kappa shape index (κ3) is 6.45. The molecule has 2 aromatic carbocycles.